The van der Waals surface area contributed by atoms with Crippen molar-refractivity contribution in [3.63, 3.8) is 0 Å². The summed E-state index contributed by atoms with van der Waals surface area (Å²) < 4.78 is 0. The van der Waals surface area contributed by atoms with Gasteiger partial charge in [-0.15, -0.1) is 0 Å². The van der Waals surface area contributed by atoms with Gasteiger partial charge < -0.3 is 10.0 Å². The Hall–Kier alpha value is -1.10. The van der Waals surface area contributed by atoms with E-state index in [0.717, 1.165) is 39.0 Å². The van der Waals surface area contributed by atoms with E-state index < -0.39 is 11.9 Å². The van der Waals surface area contributed by atoms with Crippen molar-refractivity contribution in [3.8, 4) is 0 Å². The molecule has 1 aliphatic heterocycles. The number of carbonyl (C=O) groups is 2. The van der Waals surface area contributed by atoms with Crippen LogP contribution in [-0.4, -0.2) is 59.0 Å². The minimum absolute atomic E-state index is 0.0711. The first-order chi connectivity index (χ1) is 9.93. The first-order valence-electron chi connectivity index (χ1n) is 8.19. The molecule has 120 valence electrons. The Labute approximate surface area is 127 Å². The Morgan fingerprint density at radius 3 is 2.14 bits per heavy atom. The van der Waals surface area contributed by atoms with Crippen molar-refractivity contribution in [3.05, 3.63) is 0 Å². The molecule has 1 amide bonds. The third kappa shape index (κ3) is 3.57. The SMILES string of the molecule is CCC1C[C@H](C(=O)N2CCN(C(C)C)CC2)[C@H](C(=O)O)C1. The lowest BCUT2D eigenvalue weighted by Crippen LogP contribution is -2.52. The number of aliphatic carboxylic acids is 1. The van der Waals surface area contributed by atoms with Gasteiger partial charge in [-0.2, -0.15) is 0 Å². The molecule has 1 saturated heterocycles. The molecule has 0 aromatic heterocycles. The number of carboxylic acids is 1. The van der Waals surface area contributed by atoms with Crippen LogP contribution in [0.2, 0.25) is 0 Å². The van der Waals surface area contributed by atoms with Crippen LogP contribution in [0, 0.1) is 17.8 Å². The summed E-state index contributed by atoms with van der Waals surface area (Å²) in [4.78, 5) is 28.4. The number of piperazine rings is 1. The average Bonchev–Trinajstić information content (AvgIpc) is 2.91. The van der Waals surface area contributed by atoms with Gasteiger partial charge in [-0.05, 0) is 32.6 Å². The second-order valence-electron chi connectivity index (χ2n) is 6.75. The number of carboxylic acid groups (broad SMARTS) is 1. The maximum absolute atomic E-state index is 12.7. The fraction of sp³-hybridized carbons (Fsp3) is 0.875. The Balaban J connectivity index is 1.97. The van der Waals surface area contributed by atoms with Crippen LogP contribution in [0.3, 0.4) is 0 Å². The third-order valence-corrected chi connectivity index (χ3v) is 5.23. The van der Waals surface area contributed by atoms with Crippen molar-refractivity contribution in [1.29, 1.82) is 0 Å². The van der Waals surface area contributed by atoms with E-state index in [0.29, 0.717) is 18.4 Å². The highest BCUT2D eigenvalue weighted by Crippen LogP contribution is 2.39. The topological polar surface area (TPSA) is 60.9 Å². The van der Waals surface area contributed by atoms with Gasteiger partial charge in [0.1, 0.15) is 0 Å². The molecular formula is C16H28N2O3. The van der Waals surface area contributed by atoms with Crippen LogP contribution < -0.4 is 0 Å². The summed E-state index contributed by atoms with van der Waals surface area (Å²) in [6, 6.07) is 0.505. The van der Waals surface area contributed by atoms with Crippen LogP contribution in [0.1, 0.15) is 40.0 Å². The Morgan fingerprint density at radius 2 is 1.67 bits per heavy atom. The minimum atomic E-state index is -0.801. The lowest BCUT2D eigenvalue weighted by atomic mass is 9.94. The zero-order chi connectivity index (χ0) is 15.6. The van der Waals surface area contributed by atoms with Crippen molar-refractivity contribution in [2.45, 2.75) is 46.1 Å². The zero-order valence-corrected chi connectivity index (χ0v) is 13.4. The number of amides is 1. The van der Waals surface area contributed by atoms with Crippen molar-refractivity contribution >= 4 is 11.9 Å². The minimum Gasteiger partial charge on any atom is -0.481 e. The molecule has 0 radical (unpaired) electrons. The molecule has 1 unspecified atom stereocenters. The Morgan fingerprint density at radius 1 is 1.10 bits per heavy atom. The third-order valence-electron chi connectivity index (χ3n) is 5.23. The van der Waals surface area contributed by atoms with Gasteiger partial charge >= 0.3 is 5.97 Å². The molecule has 1 saturated carbocycles. The molecule has 1 heterocycles. The smallest absolute Gasteiger partial charge is 0.307 e. The second-order valence-corrected chi connectivity index (χ2v) is 6.75. The van der Waals surface area contributed by atoms with Gasteiger partial charge in [0.2, 0.25) is 5.91 Å². The first kappa shape index (κ1) is 16.3. The van der Waals surface area contributed by atoms with E-state index in [1.165, 1.54) is 0 Å². The molecule has 21 heavy (non-hydrogen) atoms. The van der Waals surface area contributed by atoms with Crippen LogP contribution in [0.15, 0.2) is 0 Å². The summed E-state index contributed by atoms with van der Waals surface area (Å²) in [5.41, 5.74) is 0. The molecule has 2 fully saturated rings. The van der Waals surface area contributed by atoms with E-state index in [1.54, 1.807) is 0 Å². The normalized spacial score (nSPS) is 30.9. The summed E-state index contributed by atoms with van der Waals surface area (Å²) in [6.07, 6.45) is 2.37. The second kappa shape index (κ2) is 6.77. The first-order valence-corrected chi connectivity index (χ1v) is 8.19. The summed E-state index contributed by atoms with van der Waals surface area (Å²) in [7, 11) is 0. The van der Waals surface area contributed by atoms with E-state index in [4.69, 9.17) is 0 Å². The van der Waals surface area contributed by atoms with Crippen LogP contribution >= 0.6 is 0 Å². The van der Waals surface area contributed by atoms with Crippen molar-refractivity contribution in [2.75, 3.05) is 26.2 Å². The molecule has 1 aliphatic carbocycles. The zero-order valence-electron chi connectivity index (χ0n) is 13.4. The maximum Gasteiger partial charge on any atom is 0.307 e. The fourth-order valence-corrected chi connectivity index (χ4v) is 3.72. The standard InChI is InChI=1S/C16H28N2O3/c1-4-12-9-13(14(10-12)16(20)21)15(19)18-7-5-17(6-8-18)11(2)3/h11-14H,4-10H2,1-3H3,(H,20,21)/t12?,13-,14+/m0/s1. The number of rotatable bonds is 4. The Bertz CT molecular complexity index is 389. The molecule has 3 atom stereocenters. The highest BCUT2D eigenvalue weighted by molar-refractivity contribution is 5.85. The molecular weight excluding hydrogens is 268 g/mol. The molecule has 0 bridgehead atoms. The van der Waals surface area contributed by atoms with Gasteiger partial charge in [0.25, 0.3) is 0 Å². The van der Waals surface area contributed by atoms with E-state index in [9.17, 15) is 14.7 Å². The van der Waals surface area contributed by atoms with Crippen molar-refractivity contribution < 1.29 is 14.7 Å². The molecule has 5 heteroatoms. The largest absolute Gasteiger partial charge is 0.481 e. The average molecular weight is 296 g/mol. The predicted octanol–water partition coefficient (Wildman–Crippen LogP) is 1.68. The lowest BCUT2D eigenvalue weighted by Gasteiger charge is -2.38. The van der Waals surface area contributed by atoms with Crippen LogP contribution in [0.25, 0.3) is 0 Å². The van der Waals surface area contributed by atoms with Gasteiger partial charge in [-0.3, -0.25) is 14.5 Å². The lowest BCUT2D eigenvalue weighted by molar-refractivity contribution is -0.149. The van der Waals surface area contributed by atoms with E-state index in [-0.39, 0.29) is 11.8 Å². The van der Waals surface area contributed by atoms with Crippen LogP contribution in [-0.2, 0) is 9.59 Å². The highest BCUT2D eigenvalue weighted by Gasteiger charge is 2.43. The molecule has 0 spiro atoms. The number of hydrogen-bond acceptors (Lipinski definition) is 3. The van der Waals surface area contributed by atoms with Crippen LogP contribution in [0.4, 0.5) is 0 Å². The Kier molecular flexibility index (Phi) is 5.25. The molecule has 5 nitrogen and oxygen atoms in total. The molecule has 2 rings (SSSR count). The van der Waals surface area contributed by atoms with Gasteiger partial charge in [0.05, 0.1) is 11.8 Å². The fourth-order valence-electron chi connectivity index (χ4n) is 3.72. The monoisotopic (exact) mass is 296 g/mol. The molecule has 0 aromatic carbocycles. The van der Waals surface area contributed by atoms with E-state index >= 15 is 0 Å². The molecule has 1 N–H and O–H groups in total. The van der Waals surface area contributed by atoms with E-state index in [1.807, 2.05) is 4.90 Å². The van der Waals surface area contributed by atoms with E-state index in [2.05, 4.69) is 25.7 Å². The molecule has 0 aromatic rings. The number of hydrogen-bond donors (Lipinski definition) is 1. The maximum atomic E-state index is 12.7. The summed E-state index contributed by atoms with van der Waals surface area (Å²) in [5, 5.41) is 9.38. The predicted molar refractivity (Wildman–Crippen MR) is 80.9 cm³/mol. The summed E-state index contributed by atoms with van der Waals surface area (Å²) >= 11 is 0. The van der Waals surface area contributed by atoms with Crippen molar-refractivity contribution in [2.24, 2.45) is 17.8 Å². The quantitative estimate of drug-likeness (QED) is 0.857. The van der Waals surface area contributed by atoms with Gasteiger partial charge in [-0.25, -0.2) is 0 Å². The highest BCUT2D eigenvalue weighted by atomic mass is 16.4. The van der Waals surface area contributed by atoms with Crippen molar-refractivity contribution in [1.82, 2.24) is 9.80 Å². The number of nitrogens with zero attached hydrogens (tertiary/aromatic N) is 2. The van der Waals surface area contributed by atoms with Gasteiger partial charge in [0, 0.05) is 32.2 Å². The number of carbonyl (C=O) groups excluding carboxylic acids is 1. The molecule has 2 aliphatic rings. The van der Waals surface area contributed by atoms with Gasteiger partial charge in [-0.1, -0.05) is 13.3 Å². The van der Waals surface area contributed by atoms with Crippen LogP contribution in [0.5, 0.6) is 0 Å². The summed E-state index contributed by atoms with van der Waals surface area (Å²) in [5.74, 6) is -1.13. The van der Waals surface area contributed by atoms with Gasteiger partial charge in [0.15, 0.2) is 0 Å². The summed E-state index contributed by atoms with van der Waals surface area (Å²) in [6.45, 7) is 9.67.